The highest BCUT2D eigenvalue weighted by atomic mass is 79.9. The zero-order chi connectivity index (χ0) is 12.2. The summed E-state index contributed by atoms with van der Waals surface area (Å²) in [6.45, 7) is 4.94. The van der Waals surface area contributed by atoms with Crippen molar-refractivity contribution >= 4 is 25.8 Å². The minimum atomic E-state index is -3.21. The molecule has 90 valence electrons. The van der Waals surface area contributed by atoms with Crippen LogP contribution >= 0.6 is 15.9 Å². The molecule has 0 heterocycles. The summed E-state index contributed by atoms with van der Waals surface area (Å²) in [5, 5.41) is 2.64. The van der Waals surface area contributed by atoms with Crippen molar-refractivity contribution in [3.63, 3.8) is 0 Å². The van der Waals surface area contributed by atoms with Crippen LogP contribution in [0.2, 0.25) is 0 Å². The van der Waals surface area contributed by atoms with Gasteiger partial charge in [0.1, 0.15) is 0 Å². The van der Waals surface area contributed by atoms with Crippen LogP contribution in [0, 0.1) is 0 Å². The number of hydrogen-bond donors (Lipinski definition) is 1. The Kier molecular flexibility index (Phi) is 4.95. The third kappa shape index (κ3) is 3.30. The van der Waals surface area contributed by atoms with E-state index in [9.17, 15) is 8.42 Å². The Labute approximate surface area is 105 Å². The van der Waals surface area contributed by atoms with Crippen LogP contribution in [-0.4, -0.2) is 26.8 Å². The zero-order valence-electron chi connectivity index (χ0n) is 9.40. The molecule has 1 atom stereocenters. The second kappa shape index (κ2) is 5.80. The molecule has 0 aliphatic rings. The van der Waals surface area contributed by atoms with Gasteiger partial charge in [0.15, 0.2) is 9.84 Å². The van der Waals surface area contributed by atoms with Crippen molar-refractivity contribution < 1.29 is 8.42 Å². The maximum absolute atomic E-state index is 12.1. The maximum atomic E-state index is 12.1. The maximum Gasteiger partial charge on any atom is 0.182 e. The molecule has 0 saturated carbocycles. The van der Waals surface area contributed by atoms with Gasteiger partial charge in [0.2, 0.25) is 0 Å². The molecule has 0 aliphatic carbocycles. The number of sulfone groups is 1. The van der Waals surface area contributed by atoms with E-state index < -0.39 is 15.1 Å². The lowest BCUT2D eigenvalue weighted by Gasteiger charge is -2.13. The Morgan fingerprint density at radius 1 is 1.31 bits per heavy atom. The van der Waals surface area contributed by atoms with Crippen LogP contribution in [0.25, 0.3) is 0 Å². The summed E-state index contributed by atoms with van der Waals surface area (Å²) >= 11 is 3.28. The first kappa shape index (κ1) is 13.7. The lowest BCUT2D eigenvalue weighted by Crippen LogP contribution is -2.31. The number of halogens is 1. The summed E-state index contributed by atoms with van der Waals surface area (Å²) in [6, 6.07) is 6.74. The molecule has 16 heavy (non-hydrogen) atoms. The molecule has 5 heteroatoms. The molecule has 0 radical (unpaired) electrons. The Morgan fingerprint density at radius 2 is 1.88 bits per heavy atom. The summed E-state index contributed by atoms with van der Waals surface area (Å²) in [5.41, 5.74) is 0. The molecule has 0 saturated heterocycles. The molecule has 0 bridgehead atoms. The fourth-order valence-electron chi connectivity index (χ4n) is 1.31. The first-order valence-corrected chi connectivity index (χ1v) is 7.52. The van der Waals surface area contributed by atoms with Crippen LogP contribution in [0.15, 0.2) is 33.6 Å². The van der Waals surface area contributed by atoms with Crippen molar-refractivity contribution in [2.75, 3.05) is 13.1 Å². The molecule has 0 aromatic heterocycles. The molecule has 3 nitrogen and oxygen atoms in total. The molecule has 1 unspecified atom stereocenters. The Hall–Kier alpha value is -0.390. The van der Waals surface area contributed by atoms with E-state index in [1.807, 2.05) is 6.92 Å². The summed E-state index contributed by atoms with van der Waals surface area (Å²) in [7, 11) is -3.21. The van der Waals surface area contributed by atoms with E-state index >= 15 is 0 Å². The summed E-state index contributed by atoms with van der Waals surface area (Å²) in [5.74, 6) is 0. The smallest absolute Gasteiger partial charge is 0.182 e. The van der Waals surface area contributed by atoms with Gasteiger partial charge >= 0.3 is 0 Å². The quantitative estimate of drug-likeness (QED) is 0.907. The molecule has 0 aliphatic heterocycles. The van der Waals surface area contributed by atoms with E-state index in [0.717, 1.165) is 11.0 Å². The lowest BCUT2D eigenvalue weighted by atomic mass is 10.4. The fourth-order valence-corrected chi connectivity index (χ4v) is 2.90. The second-order valence-electron chi connectivity index (χ2n) is 3.62. The first-order valence-electron chi connectivity index (χ1n) is 5.18. The van der Waals surface area contributed by atoms with Crippen molar-refractivity contribution in [3.05, 3.63) is 28.7 Å². The molecular weight excluding hydrogens is 290 g/mol. The fraction of sp³-hybridized carbons (Fsp3) is 0.455. The van der Waals surface area contributed by atoms with Crippen molar-refractivity contribution in [2.45, 2.75) is 24.0 Å². The van der Waals surface area contributed by atoms with Gasteiger partial charge < -0.3 is 5.32 Å². The first-order chi connectivity index (χ1) is 7.48. The molecule has 1 N–H and O–H groups in total. The molecule has 1 aromatic rings. The van der Waals surface area contributed by atoms with E-state index in [4.69, 9.17) is 0 Å². The van der Waals surface area contributed by atoms with Crippen molar-refractivity contribution in [2.24, 2.45) is 0 Å². The molecule has 0 amide bonds. The van der Waals surface area contributed by atoms with Crippen LogP contribution in [-0.2, 0) is 9.84 Å². The predicted molar refractivity (Wildman–Crippen MR) is 69.3 cm³/mol. The Bertz CT molecular complexity index is 428. The normalized spacial score (nSPS) is 13.7. The monoisotopic (exact) mass is 305 g/mol. The average Bonchev–Trinajstić information content (AvgIpc) is 2.26. The van der Waals surface area contributed by atoms with Gasteiger partial charge in [-0.15, -0.1) is 0 Å². The minimum absolute atomic E-state index is 0.376. The number of benzene rings is 1. The van der Waals surface area contributed by atoms with Crippen LogP contribution in [0.5, 0.6) is 0 Å². The SMILES string of the molecule is CCNCC(C)S(=O)(=O)c1ccc(Br)cc1. The number of nitrogens with one attached hydrogen (secondary N) is 1. The van der Waals surface area contributed by atoms with E-state index in [-0.39, 0.29) is 0 Å². The minimum Gasteiger partial charge on any atom is -0.316 e. The molecule has 0 spiro atoms. The van der Waals surface area contributed by atoms with Crippen molar-refractivity contribution in [3.8, 4) is 0 Å². The largest absolute Gasteiger partial charge is 0.316 e. The van der Waals surface area contributed by atoms with Crippen LogP contribution in [0.4, 0.5) is 0 Å². The summed E-state index contributed by atoms with van der Waals surface area (Å²) < 4.78 is 25.1. The Morgan fingerprint density at radius 3 is 2.38 bits per heavy atom. The number of hydrogen-bond acceptors (Lipinski definition) is 3. The third-order valence-corrected chi connectivity index (χ3v) is 5.04. The van der Waals surface area contributed by atoms with E-state index in [1.54, 1.807) is 31.2 Å². The van der Waals surface area contributed by atoms with Gasteiger partial charge in [-0.1, -0.05) is 22.9 Å². The highest BCUT2D eigenvalue weighted by Gasteiger charge is 2.22. The zero-order valence-corrected chi connectivity index (χ0v) is 11.8. The Balaban J connectivity index is 2.89. The lowest BCUT2D eigenvalue weighted by molar-refractivity contribution is 0.574. The standard InChI is InChI=1S/C11H16BrNO2S/c1-3-13-8-9(2)16(14,15)11-6-4-10(12)5-7-11/h4-7,9,13H,3,8H2,1-2H3. The topological polar surface area (TPSA) is 46.2 Å². The molecule has 0 fully saturated rings. The van der Waals surface area contributed by atoms with Crippen LogP contribution < -0.4 is 5.32 Å². The third-order valence-electron chi connectivity index (χ3n) is 2.35. The predicted octanol–water partition coefficient (Wildman–Crippen LogP) is 2.22. The van der Waals surface area contributed by atoms with Crippen LogP contribution in [0.1, 0.15) is 13.8 Å². The highest BCUT2D eigenvalue weighted by molar-refractivity contribution is 9.10. The van der Waals surface area contributed by atoms with Crippen LogP contribution in [0.3, 0.4) is 0 Å². The van der Waals surface area contributed by atoms with E-state index in [2.05, 4.69) is 21.2 Å². The summed E-state index contributed by atoms with van der Waals surface area (Å²) in [6.07, 6.45) is 0. The molecule has 1 aromatic carbocycles. The van der Waals surface area contributed by atoms with E-state index in [0.29, 0.717) is 11.4 Å². The van der Waals surface area contributed by atoms with Gasteiger partial charge in [0.25, 0.3) is 0 Å². The van der Waals surface area contributed by atoms with Gasteiger partial charge in [0, 0.05) is 11.0 Å². The van der Waals surface area contributed by atoms with Gasteiger partial charge in [0.05, 0.1) is 10.1 Å². The average molecular weight is 306 g/mol. The van der Waals surface area contributed by atoms with Gasteiger partial charge in [-0.05, 0) is 37.7 Å². The summed E-state index contributed by atoms with van der Waals surface area (Å²) in [4.78, 5) is 0.376. The van der Waals surface area contributed by atoms with Crippen molar-refractivity contribution in [1.82, 2.24) is 5.32 Å². The molecule has 1 rings (SSSR count). The second-order valence-corrected chi connectivity index (χ2v) is 6.90. The van der Waals surface area contributed by atoms with Gasteiger partial charge in [-0.2, -0.15) is 0 Å². The van der Waals surface area contributed by atoms with Crippen molar-refractivity contribution in [1.29, 1.82) is 0 Å². The highest BCUT2D eigenvalue weighted by Crippen LogP contribution is 2.18. The van der Waals surface area contributed by atoms with E-state index in [1.165, 1.54) is 0 Å². The van der Waals surface area contributed by atoms with Gasteiger partial charge in [-0.3, -0.25) is 0 Å². The number of rotatable bonds is 5. The molecular formula is C11H16BrNO2S. The van der Waals surface area contributed by atoms with Gasteiger partial charge in [-0.25, -0.2) is 8.42 Å².